The lowest BCUT2D eigenvalue weighted by Gasteiger charge is -2.22. The average Bonchev–Trinajstić information content (AvgIpc) is 3.31. The van der Waals surface area contributed by atoms with Crippen molar-refractivity contribution in [3.05, 3.63) is 42.9 Å². The zero-order chi connectivity index (χ0) is 22.6. The number of pyridine rings is 2. The fraction of sp³-hybridized carbons (Fsp3) is 0.348. The van der Waals surface area contributed by atoms with Crippen molar-refractivity contribution in [3.63, 3.8) is 0 Å². The van der Waals surface area contributed by atoms with Crippen LogP contribution in [-0.2, 0) is 0 Å². The fourth-order valence-electron chi connectivity index (χ4n) is 4.11. The van der Waals surface area contributed by atoms with Crippen molar-refractivity contribution in [1.82, 2.24) is 19.9 Å². The maximum atomic E-state index is 13.2. The molecule has 33 heavy (non-hydrogen) atoms. The van der Waals surface area contributed by atoms with E-state index in [9.17, 15) is 4.79 Å². The van der Waals surface area contributed by atoms with Gasteiger partial charge in [-0.15, -0.1) is 0 Å². The van der Waals surface area contributed by atoms with Gasteiger partial charge in [0.25, 0.3) is 0 Å². The molecule has 0 aromatic carbocycles. The van der Waals surface area contributed by atoms with Crippen molar-refractivity contribution in [1.29, 1.82) is 0 Å². The number of urea groups is 1. The molecule has 0 bridgehead atoms. The van der Waals surface area contributed by atoms with Crippen LogP contribution in [-0.4, -0.2) is 59.3 Å². The van der Waals surface area contributed by atoms with Crippen LogP contribution < -0.4 is 25.2 Å². The number of carbonyl (C=O) groups excluding carboxylic acids is 1. The Kier molecular flexibility index (Phi) is 5.88. The molecule has 0 unspecified atom stereocenters. The number of hydrogen-bond donors (Lipinski definition) is 2. The summed E-state index contributed by atoms with van der Waals surface area (Å²) in [7, 11) is 1.52. The van der Waals surface area contributed by atoms with E-state index in [1.807, 2.05) is 24.4 Å². The Morgan fingerprint density at radius 1 is 1.06 bits per heavy atom. The van der Waals surface area contributed by atoms with Gasteiger partial charge in [0.1, 0.15) is 18.0 Å². The molecule has 5 heterocycles. The van der Waals surface area contributed by atoms with Gasteiger partial charge in [0.15, 0.2) is 5.82 Å². The van der Waals surface area contributed by atoms with Gasteiger partial charge in [-0.3, -0.25) is 10.2 Å². The number of rotatable bonds is 4. The molecule has 170 valence electrons. The minimum Gasteiger partial charge on any atom is -0.481 e. The summed E-state index contributed by atoms with van der Waals surface area (Å²) in [6.45, 7) is 3.34. The van der Waals surface area contributed by atoms with Crippen molar-refractivity contribution >= 4 is 29.2 Å². The Morgan fingerprint density at radius 3 is 2.79 bits per heavy atom. The molecule has 3 aromatic rings. The number of nitrogens with zero attached hydrogens (tertiary/aromatic N) is 6. The van der Waals surface area contributed by atoms with Gasteiger partial charge in [-0.2, -0.15) is 0 Å². The molecule has 5 rings (SSSR count). The molecule has 0 saturated carbocycles. The summed E-state index contributed by atoms with van der Waals surface area (Å²) >= 11 is 0. The molecule has 1 fully saturated rings. The lowest BCUT2D eigenvalue weighted by atomic mass is 10.1. The van der Waals surface area contributed by atoms with Crippen LogP contribution in [0.15, 0.2) is 42.9 Å². The van der Waals surface area contributed by atoms with E-state index in [0.717, 1.165) is 48.8 Å². The third-order valence-electron chi connectivity index (χ3n) is 5.81. The summed E-state index contributed by atoms with van der Waals surface area (Å²) in [6.07, 6.45) is 6.35. The number of amides is 2. The fourth-order valence-corrected chi connectivity index (χ4v) is 4.11. The summed E-state index contributed by atoms with van der Waals surface area (Å²) in [5, 5.41) is 6.21. The Morgan fingerprint density at radius 2 is 1.94 bits per heavy atom. The first-order valence-electron chi connectivity index (χ1n) is 11.1. The maximum absolute atomic E-state index is 13.2. The molecule has 0 aliphatic carbocycles. The van der Waals surface area contributed by atoms with E-state index in [-0.39, 0.29) is 6.03 Å². The van der Waals surface area contributed by atoms with Crippen LogP contribution in [0.4, 0.5) is 27.9 Å². The number of ether oxygens (including phenoxy) is 1. The molecule has 3 aromatic heterocycles. The van der Waals surface area contributed by atoms with Crippen LogP contribution in [0.5, 0.6) is 5.88 Å². The SMILES string of the molecule is COc1cc(NC(=O)N2CCCNc3ccc(-c4ccnc(N5CCCC5)c4)nc32)ncn1. The van der Waals surface area contributed by atoms with Crippen LogP contribution in [0.3, 0.4) is 0 Å². The molecule has 0 radical (unpaired) electrons. The van der Waals surface area contributed by atoms with Gasteiger partial charge < -0.3 is 15.0 Å². The van der Waals surface area contributed by atoms with Crippen molar-refractivity contribution in [2.75, 3.05) is 53.7 Å². The first kappa shape index (κ1) is 20.9. The summed E-state index contributed by atoms with van der Waals surface area (Å²) in [6, 6.07) is 9.25. The van der Waals surface area contributed by atoms with Crippen LogP contribution in [0, 0.1) is 0 Å². The van der Waals surface area contributed by atoms with Gasteiger partial charge in [0.05, 0.1) is 18.5 Å². The molecule has 2 aliphatic rings. The molecule has 10 nitrogen and oxygen atoms in total. The third kappa shape index (κ3) is 4.50. The quantitative estimate of drug-likeness (QED) is 0.628. The molecule has 0 atom stereocenters. The Labute approximate surface area is 192 Å². The number of aromatic nitrogens is 4. The zero-order valence-electron chi connectivity index (χ0n) is 18.5. The van der Waals surface area contributed by atoms with Crippen molar-refractivity contribution in [2.45, 2.75) is 19.3 Å². The second-order valence-electron chi connectivity index (χ2n) is 7.97. The Balaban J connectivity index is 1.44. The lowest BCUT2D eigenvalue weighted by Crippen LogP contribution is -2.36. The molecule has 2 amide bonds. The van der Waals surface area contributed by atoms with E-state index in [2.05, 4.69) is 36.6 Å². The topological polar surface area (TPSA) is 108 Å². The monoisotopic (exact) mass is 446 g/mol. The summed E-state index contributed by atoms with van der Waals surface area (Å²) in [5.41, 5.74) is 2.59. The molecule has 1 saturated heterocycles. The van der Waals surface area contributed by atoms with E-state index in [1.165, 1.54) is 26.3 Å². The number of methoxy groups -OCH3 is 1. The first-order chi connectivity index (χ1) is 16.2. The molecular weight excluding hydrogens is 420 g/mol. The molecule has 10 heteroatoms. The van der Waals surface area contributed by atoms with Crippen LogP contribution in [0.1, 0.15) is 19.3 Å². The van der Waals surface area contributed by atoms with Gasteiger partial charge in [0, 0.05) is 44.0 Å². The summed E-state index contributed by atoms with van der Waals surface area (Å²) in [4.78, 5) is 34.7. The number of nitrogens with one attached hydrogen (secondary N) is 2. The zero-order valence-corrected chi connectivity index (χ0v) is 18.5. The first-order valence-corrected chi connectivity index (χ1v) is 11.1. The Bertz CT molecular complexity index is 1150. The van der Waals surface area contributed by atoms with Crippen LogP contribution in [0.25, 0.3) is 11.3 Å². The molecule has 2 N–H and O–H groups in total. The normalized spacial score (nSPS) is 15.4. The standard InChI is InChI=1S/C23H26N8O2/c1-33-21-14-19(26-15-27-21)29-23(32)31-12-4-8-24-18-6-5-17(28-22(18)31)16-7-9-25-20(13-16)30-10-2-3-11-30/h5-7,9,13-15,24H,2-4,8,10-12H2,1H3,(H,26,27,29,32). The second-order valence-corrected chi connectivity index (χ2v) is 7.97. The largest absolute Gasteiger partial charge is 0.481 e. The Hall–Kier alpha value is -3.95. The highest BCUT2D eigenvalue weighted by atomic mass is 16.5. The highest BCUT2D eigenvalue weighted by molar-refractivity contribution is 6.02. The predicted molar refractivity (Wildman–Crippen MR) is 127 cm³/mol. The number of fused-ring (bicyclic) bond motifs is 1. The van der Waals surface area contributed by atoms with Crippen LogP contribution >= 0.6 is 0 Å². The smallest absolute Gasteiger partial charge is 0.328 e. The molecule has 2 aliphatic heterocycles. The van der Waals surface area contributed by atoms with E-state index < -0.39 is 0 Å². The number of anilines is 4. The predicted octanol–water partition coefficient (Wildman–Crippen LogP) is 3.40. The minimum absolute atomic E-state index is 0.308. The number of carbonyl (C=O) groups is 1. The molecule has 0 spiro atoms. The maximum Gasteiger partial charge on any atom is 0.328 e. The summed E-state index contributed by atoms with van der Waals surface area (Å²) in [5.74, 6) is 2.30. The van der Waals surface area contributed by atoms with E-state index in [0.29, 0.717) is 24.1 Å². The van der Waals surface area contributed by atoms with E-state index >= 15 is 0 Å². The van der Waals surface area contributed by atoms with Crippen molar-refractivity contribution in [3.8, 4) is 17.1 Å². The lowest BCUT2D eigenvalue weighted by molar-refractivity contribution is 0.256. The highest BCUT2D eigenvalue weighted by Crippen LogP contribution is 2.31. The highest BCUT2D eigenvalue weighted by Gasteiger charge is 2.24. The molecular formula is C23H26N8O2. The van der Waals surface area contributed by atoms with Gasteiger partial charge in [-0.1, -0.05) is 0 Å². The van der Waals surface area contributed by atoms with Gasteiger partial charge in [0.2, 0.25) is 5.88 Å². The summed E-state index contributed by atoms with van der Waals surface area (Å²) < 4.78 is 5.12. The minimum atomic E-state index is -0.308. The van der Waals surface area contributed by atoms with Gasteiger partial charge >= 0.3 is 6.03 Å². The van der Waals surface area contributed by atoms with Crippen molar-refractivity contribution in [2.24, 2.45) is 0 Å². The average molecular weight is 447 g/mol. The third-order valence-corrected chi connectivity index (χ3v) is 5.81. The van der Waals surface area contributed by atoms with Crippen molar-refractivity contribution < 1.29 is 9.53 Å². The van der Waals surface area contributed by atoms with E-state index in [1.54, 1.807) is 11.0 Å². The van der Waals surface area contributed by atoms with E-state index in [4.69, 9.17) is 9.72 Å². The number of hydrogen-bond acceptors (Lipinski definition) is 8. The second kappa shape index (κ2) is 9.27. The van der Waals surface area contributed by atoms with Gasteiger partial charge in [-0.25, -0.2) is 24.7 Å². The van der Waals surface area contributed by atoms with Crippen LogP contribution in [0.2, 0.25) is 0 Å². The van der Waals surface area contributed by atoms with Gasteiger partial charge in [-0.05, 0) is 43.5 Å².